The normalized spacial score (nSPS) is 16.3. The Labute approximate surface area is 107 Å². The van der Waals surface area contributed by atoms with Crippen LogP contribution in [0.5, 0.6) is 0 Å². The molecule has 17 heavy (non-hydrogen) atoms. The van der Waals surface area contributed by atoms with Crippen LogP contribution < -0.4 is 10.6 Å². The number of hydrogen-bond acceptors (Lipinski definition) is 3. The van der Waals surface area contributed by atoms with Crippen LogP contribution in [-0.4, -0.2) is 12.5 Å². The standard InChI is InChI=1S/C13H20N2OS/c1-10(16)15-12-6-7-17-13(12)9-14-8-11-4-2-3-5-11/h6-7,11,14H,2-5,8-9H2,1H3,(H,15,16). The predicted molar refractivity (Wildman–Crippen MR) is 72.3 cm³/mol. The van der Waals surface area contributed by atoms with Gasteiger partial charge < -0.3 is 10.6 Å². The molecule has 2 N–H and O–H groups in total. The fourth-order valence-electron chi connectivity index (χ4n) is 2.38. The number of hydrogen-bond donors (Lipinski definition) is 2. The number of amides is 1. The summed E-state index contributed by atoms with van der Waals surface area (Å²) < 4.78 is 0. The summed E-state index contributed by atoms with van der Waals surface area (Å²) in [5.41, 5.74) is 0.960. The zero-order valence-corrected chi connectivity index (χ0v) is 11.1. The number of nitrogens with one attached hydrogen (secondary N) is 2. The van der Waals surface area contributed by atoms with E-state index in [9.17, 15) is 4.79 Å². The molecule has 0 unspecified atom stereocenters. The Bertz CT molecular complexity index is 369. The van der Waals surface area contributed by atoms with Crippen LogP contribution in [0.3, 0.4) is 0 Å². The molecule has 94 valence electrons. The van der Waals surface area contributed by atoms with Crippen LogP contribution in [0.1, 0.15) is 37.5 Å². The molecule has 1 aromatic rings. The van der Waals surface area contributed by atoms with Crippen LogP contribution in [-0.2, 0) is 11.3 Å². The molecule has 2 rings (SSSR count). The lowest BCUT2D eigenvalue weighted by Gasteiger charge is -2.10. The minimum Gasteiger partial charge on any atom is -0.325 e. The van der Waals surface area contributed by atoms with Gasteiger partial charge in [0.25, 0.3) is 0 Å². The van der Waals surface area contributed by atoms with Gasteiger partial charge in [0, 0.05) is 18.3 Å². The first-order valence-electron chi connectivity index (χ1n) is 6.30. The fraction of sp³-hybridized carbons (Fsp3) is 0.615. The third-order valence-electron chi connectivity index (χ3n) is 3.25. The van der Waals surface area contributed by atoms with E-state index in [1.165, 1.54) is 30.6 Å². The molecule has 0 radical (unpaired) electrons. The summed E-state index contributed by atoms with van der Waals surface area (Å²) in [7, 11) is 0. The van der Waals surface area contributed by atoms with E-state index < -0.39 is 0 Å². The fourth-order valence-corrected chi connectivity index (χ4v) is 3.18. The average molecular weight is 252 g/mol. The summed E-state index contributed by atoms with van der Waals surface area (Å²) in [6, 6.07) is 1.97. The van der Waals surface area contributed by atoms with E-state index in [4.69, 9.17) is 0 Å². The smallest absolute Gasteiger partial charge is 0.221 e. The summed E-state index contributed by atoms with van der Waals surface area (Å²) in [4.78, 5) is 12.2. The molecule has 4 heteroatoms. The summed E-state index contributed by atoms with van der Waals surface area (Å²) in [6.07, 6.45) is 5.52. The van der Waals surface area contributed by atoms with Gasteiger partial charge in [-0.05, 0) is 36.8 Å². The van der Waals surface area contributed by atoms with Crippen LogP contribution in [0.15, 0.2) is 11.4 Å². The minimum absolute atomic E-state index is 0.000410. The van der Waals surface area contributed by atoms with Crippen molar-refractivity contribution in [1.29, 1.82) is 0 Å². The zero-order valence-electron chi connectivity index (χ0n) is 10.3. The quantitative estimate of drug-likeness (QED) is 0.846. The summed E-state index contributed by atoms with van der Waals surface area (Å²) in [5, 5.41) is 8.39. The van der Waals surface area contributed by atoms with Crippen LogP contribution in [0.2, 0.25) is 0 Å². The van der Waals surface area contributed by atoms with Gasteiger partial charge in [0.05, 0.1) is 5.69 Å². The predicted octanol–water partition coefficient (Wildman–Crippen LogP) is 2.99. The Hall–Kier alpha value is -0.870. The van der Waals surface area contributed by atoms with Gasteiger partial charge in [-0.3, -0.25) is 4.79 Å². The first-order valence-corrected chi connectivity index (χ1v) is 7.18. The molecule has 0 spiro atoms. The highest BCUT2D eigenvalue weighted by molar-refractivity contribution is 7.10. The first kappa shape index (κ1) is 12.6. The van der Waals surface area contributed by atoms with E-state index in [1.54, 1.807) is 18.3 Å². The lowest BCUT2D eigenvalue weighted by molar-refractivity contribution is -0.114. The van der Waals surface area contributed by atoms with E-state index in [-0.39, 0.29) is 5.91 Å². The van der Waals surface area contributed by atoms with Gasteiger partial charge in [0.1, 0.15) is 0 Å². The van der Waals surface area contributed by atoms with Gasteiger partial charge in [-0.2, -0.15) is 0 Å². The van der Waals surface area contributed by atoms with Gasteiger partial charge in [0.15, 0.2) is 0 Å². The lowest BCUT2D eigenvalue weighted by atomic mass is 10.1. The molecule has 0 atom stereocenters. The second kappa shape index (κ2) is 6.17. The van der Waals surface area contributed by atoms with E-state index >= 15 is 0 Å². The molecule has 1 heterocycles. The van der Waals surface area contributed by atoms with Crippen LogP contribution in [0, 0.1) is 5.92 Å². The van der Waals surface area contributed by atoms with E-state index in [2.05, 4.69) is 10.6 Å². The maximum Gasteiger partial charge on any atom is 0.221 e. The Morgan fingerprint density at radius 3 is 2.94 bits per heavy atom. The third-order valence-corrected chi connectivity index (χ3v) is 4.17. The Kier molecular flexibility index (Phi) is 4.57. The molecule has 1 saturated carbocycles. The van der Waals surface area contributed by atoms with Crippen molar-refractivity contribution in [2.75, 3.05) is 11.9 Å². The highest BCUT2D eigenvalue weighted by Crippen LogP contribution is 2.25. The van der Waals surface area contributed by atoms with Gasteiger partial charge in [0.2, 0.25) is 5.91 Å². The van der Waals surface area contributed by atoms with Crippen molar-refractivity contribution in [3.05, 3.63) is 16.3 Å². The monoisotopic (exact) mass is 252 g/mol. The number of carbonyl (C=O) groups excluding carboxylic acids is 1. The molecule has 3 nitrogen and oxygen atoms in total. The highest BCUT2D eigenvalue weighted by atomic mass is 32.1. The van der Waals surface area contributed by atoms with Gasteiger partial charge in [-0.15, -0.1) is 11.3 Å². The van der Waals surface area contributed by atoms with Crippen LogP contribution in [0.4, 0.5) is 5.69 Å². The number of thiophene rings is 1. The van der Waals surface area contributed by atoms with Crippen molar-refractivity contribution >= 4 is 22.9 Å². The molecule has 0 aromatic carbocycles. The van der Waals surface area contributed by atoms with E-state index in [0.717, 1.165) is 24.7 Å². The minimum atomic E-state index is 0.000410. The van der Waals surface area contributed by atoms with Crippen LogP contribution >= 0.6 is 11.3 Å². The number of carbonyl (C=O) groups is 1. The Morgan fingerprint density at radius 1 is 1.47 bits per heavy atom. The van der Waals surface area contributed by atoms with E-state index in [0.29, 0.717) is 0 Å². The van der Waals surface area contributed by atoms with Gasteiger partial charge >= 0.3 is 0 Å². The molecule has 1 aromatic heterocycles. The molecule has 0 bridgehead atoms. The Balaban J connectivity index is 1.77. The van der Waals surface area contributed by atoms with Crippen LogP contribution in [0.25, 0.3) is 0 Å². The van der Waals surface area contributed by atoms with Crippen molar-refractivity contribution in [1.82, 2.24) is 5.32 Å². The zero-order chi connectivity index (χ0) is 12.1. The largest absolute Gasteiger partial charge is 0.325 e. The number of anilines is 1. The van der Waals surface area contributed by atoms with Crippen molar-refractivity contribution in [2.45, 2.75) is 39.2 Å². The van der Waals surface area contributed by atoms with Gasteiger partial charge in [-0.25, -0.2) is 0 Å². The third kappa shape index (κ3) is 3.82. The molecule has 1 fully saturated rings. The second-order valence-electron chi connectivity index (χ2n) is 4.72. The van der Waals surface area contributed by atoms with E-state index in [1.807, 2.05) is 11.4 Å². The topological polar surface area (TPSA) is 41.1 Å². The Morgan fingerprint density at radius 2 is 2.24 bits per heavy atom. The van der Waals surface area contributed by atoms with Gasteiger partial charge in [-0.1, -0.05) is 12.8 Å². The highest BCUT2D eigenvalue weighted by Gasteiger charge is 2.14. The maximum absolute atomic E-state index is 11.0. The first-order chi connectivity index (χ1) is 8.25. The molecule has 1 aliphatic rings. The molecule has 0 aliphatic heterocycles. The number of rotatable bonds is 5. The molecule has 0 saturated heterocycles. The van der Waals surface area contributed by atoms with Crippen molar-refractivity contribution in [2.24, 2.45) is 5.92 Å². The second-order valence-corrected chi connectivity index (χ2v) is 5.72. The lowest BCUT2D eigenvalue weighted by Crippen LogP contribution is -2.21. The summed E-state index contributed by atoms with van der Waals surface area (Å²) >= 11 is 1.70. The van der Waals surface area contributed by atoms with Crippen molar-refractivity contribution < 1.29 is 4.79 Å². The summed E-state index contributed by atoms with van der Waals surface area (Å²) in [6.45, 7) is 3.52. The maximum atomic E-state index is 11.0. The molecular formula is C13H20N2OS. The SMILES string of the molecule is CC(=O)Nc1ccsc1CNCC1CCCC1. The average Bonchev–Trinajstić information content (AvgIpc) is 2.90. The molecule has 1 amide bonds. The van der Waals surface area contributed by atoms with Crippen molar-refractivity contribution in [3.8, 4) is 0 Å². The summed E-state index contributed by atoms with van der Waals surface area (Å²) in [5.74, 6) is 0.861. The molecular weight excluding hydrogens is 232 g/mol. The molecule has 1 aliphatic carbocycles. The van der Waals surface area contributed by atoms with Crippen molar-refractivity contribution in [3.63, 3.8) is 0 Å².